The third-order valence-electron chi connectivity index (χ3n) is 5.84. The van der Waals surface area contributed by atoms with E-state index in [2.05, 4.69) is 47.2 Å². The van der Waals surface area contributed by atoms with E-state index < -0.39 is 0 Å². The van der Waals surface area contributed by atoms with Crippen LogP contribution in [0.5, 0.6) is 11.6 Å². The van der Waals surface area contributed by atoms with Gasteiger partial charge >= 0.3 is 0 Å². The van der Waals surface area contributed by atoms with Crippen molar-refractivity contribution in [3.8, 4) is 22.8 Å². The molecule has 0 aliphatic carbocycles. The molecule has 3 heterocycles. The standard InChI is InChI=1S/C26H24BrN5O3/c1-16-20-11-17(13-24(25(20)30-15-29-16)35-19-7-9-34-10-8-19)18-12-23(26(33-2)28-14-18)32-31-22-6-4-3-5-21(22)27/h3-6,11-15,19H,7-10H2,1-2H3. The largest absolute Gasteiger partial charge is 0.488 e. The lowest BCUT2D eigenvalue weighted by Gasteiger charge is -2.24. The monoisotopic (exact) mass is 533 g/mol. The molecule has 8 nitrogen and oxygen atoms in total. The first-order chi connectivity index (χ1) is 17.1. The summed E-state index contributed by atoms with van der Waals surface area (Å²) in [6, 6.07) is 13.6. The van der Waals surface area contributed by atoms with E-state index in [1.807, 2.05) is 43.3 Å². The fourth-order valence-corrected chi connectivity index (χ4v) is 4.32. The number of rotatable bonds is 6. The van der Waals surface area contributed by atoms with E-state index in [4.69, 9.17) is 14.2 Å². The fourth-order valence-electron chi connectivity index (χ4n) is 3.96. The Bertz CT molecular complexity index is 1390. The zero-order chi connectivity index (χ0) is 24.2. The maximum absolute atomic E-state index is 6.42. The highest BCUT2D eigenvalue weighted by molar-refractivity contribution is 9.10. The Balaban J connectivity index is 1.57. The summed E-state index contributed by atoms with van der Waals surface area (Å²) in [4.78, 5) is 13.4. The van der Waals surface area contributed by atoms with Crippen LogP contribution in [0.3, 0.4) is 0 Å². The normalized spacial score (nSPS) is 14.5. The SMILES string of the molecule is COc1ncc(-c2cc(OC3CCOCC3)c3ncnc(C)c3c2)cc1N=Nc1ccccc1Br. The molecule has 35 heavy (non-hydrogen) atoms. The van der Waals surface area contributed by atoms with E-state index in [0.29, 0.717) is 30.5 Å². The average Bonchev–Trinajstić information content (AvgIpc) is 2.89. The Hall–Kier alpha value is -3.43. The molecule has 178 valence electrons. The van der Waals surface area contributed by atoms with Crippen molar-refractivity contribution < 1.29 is 14.2 Å². The first-order valence-corrected chi connectivity index (χ1v) is 12.1. The molecule has 5 rings (SSSR count). The van der Waals surface area contributed by atoms with Crippen molar-refractivity contribution in [3.05, 3.63) is 65.2 Å². The number of benzene rings is 2. The van der Waals surface area contributed by atoms with Gasteiger partial charge in [0.25, 0.3) is 0 Å². The van der Waals surface area contributed by atoms with Gasteiger partial charge in [0, 0.05) is 40.2 Å². The number of halogens is 1. The molecule has 1 saturated heterocycles. The highest BCUT2D eigenvalue weighted by Gasteiger charge is 2.19. The fraction of sp³-hybridized carbons (Fsp3) is 0.269. The molecule has 1 fully saturated rings. The Kier molecular flexibility index (Phi) is 6.96. The number of ether oxygens (including phenoxy) is 3. The number of pyridine rings is 1. The third-order valence-corrected chi connectivity index (χ3v) is 6.51. The number of aryl methyl sites for hydroxylation is 1. The van der Waals surface area contributed by atoms with Crippen LogP contribution in [-0.4, -0.2) is 41.4 Å². The maximum atomic E-state index is 6.42. The van der Waals surface area contributed by atoms with E-state index in [9.17, 15) is 0 Å². The number of azo groups is 1. The number of hydrogen-bond acceptors (Lipinski definition) is 8. The van der Waals surface area contributed by atoms with Crippen LogP contribution in [0.1, 0.15) is 18.5 Å². The predicted molar refractivity (Wildman–Crippen MR) is 137 cm³/mol. The van der Waals surface area contributed by atoms with Crippen LogP contribution in [0.25, 0.3) is 22.0 Å². The van der Waals surface area contributed by atoms with E-state index in [1.165, 1.54) is 0 Å². The summed E-state index contributed by atoms with van der Waals surface area (Å²) < 4.78 is 18.2. The predicted octanol–water partition coefficient (Wildman–Crippen LogP) is 6.74. The lowest BCUT2D eigenvalue weighted by atomic mass is 10.0. The maximum Gasteiger partial charge on any atom is 0.241 e. The first kappa shape index (κ1) is 23.3. The molecule has 1 aliphatic rings. The van der Waals surface area contributed by atoms with Gasteiger partial charge < -0.3 is 14.2 Å². The third kappa shape index (κ3) is 5.16. The summed E-state index contributed by atoms with van der Waals surface area (Å²) in [5.41, 5.74) is 4.69. The lowest BCUT2D eigenvalue weighted by molar-refractivity contribution is 0.0261. The molecule has 2 aromatic carbocycles. The van der Waals surface area contributed by atoms with Gasteiger partial charge in [-0.1, -0.05) is 12.1 Å². The second-order valence-electron chi connectivity index (χ2n) is 8.16. The molecular formula is C26H24BrN5O3. The van der Waals surface area contributed by atoms with Crippen molar-refractivity contribution in [3.63, 3.8) is 0 Å². The van der Waals surface area contributed by atoms with Crippen LogP contribution >= 0.6 is 15.9 Å². The van der Waals surface area contributed by atoms with Gasteiger partial charge in [-0.3, -0.25) is 0 Å². The van der Waals surface area contributed by atoms with E-state index >= 15 is 0 Å². The molecule has 0 saturated carbocycles. The van der Waals surface area contributed by atoms with Gasteiger partial charge in [-0.05, 0) is 58.7 Å². The van der Waals surface area contributed by atoms with Gasteiger partial charge in [0.2, 0.25) is 5.88 Å². The molecule has 1 aliphatic heterocycles. The van der Waals surface area contributed by atoms with Crippen LogP contribution in [0.2, 0.25) is 0 Å². The highest BCUT2D eigenvalue weighted by atomic mass is 79.9. The minimum Gasteiger partial charge on any atom is -0.488 e. The number of hydrogen-bond donors (Lipinski definition) is 0. The van der Waals surface area contributed by atoms with Crippen molar-refractivity contribution in [2.24, 2.45) is 10.2 Å². The van der Waals surface area contributed by atoms with Crippen LogP contribution in [0.15, 0.2) is 69.7 Å². The molecule has 0 radical (unpaired) electrons. The van der Waals surface area contributed by atoms with Crippen LogP contribution in [-0.2, 0) is 4.74 Å². The highest BCUT2D eigenvalue weighted by Crippen LogP contribution is 2.37. The quantitative estimate of drug-likeness (QED) is 0.254. The molecular weight excluding hydrogens is 510 g/mol. The van der Waals surface area contributed by atoms with Gasteiger partial charge in [-0.15, -0.1) is 10.2 Å². The van der Waals surface area contributed by atoms with Crippen LogP contribution in [0, 0.1) is 6.92 Å². The minimum absolute atomic E-state index is 0.0835. The Morgan fingerprint density at radius 2 is 1.77 bits per heavy atom. The summed E-state index contributed by atoms with van der Waals surface area (Å²) in [6.07, 6.45) is 5.11. The summed E-state index contributed by atoms with van der Waals surface area (Å²) in [5.74, 6) is 1.12. The average molecular weight is 534 g/mol. The first-order valence-electron chi connectivity index (χ1n) is 11.3. The van der Waals surface area contributed by atoms with E-state index in [0.717, 1.165) is 50.8 Å². The second-order valence-corrected chi connectivity index (χ2v) is 9.02. The van der Waals surface area contributed by atoms with Crippen molar-refractivity contribution in [1.29, 1.82) is 0 Å². The van der Waals surface area contributed by atoms with Crippen molar-refractivity contribution >= 4 is 38.2 Å². The van der Waals surface area contributed by atoms with Crippen molar-refractivity contribution in [1.82, 2.24) is 15.0 Å². The minimum atomic E-state index is 0.0835. The zero-order valence-corrected chi connectivity index (χ0v) is 21.0. The summed E-state index contributed by atoms with van der Waals surface area (Å²) in [7, 11) is 1.57. The van der Waals surface area contributed by atoms with Gasteiger partial charge in [0.15, 0.2) is 0 Å². The van der Waals surface area contributed by atoms with Crippen LogP contribution in [0.4, 0.5) is 11.4 Å². The van der Waals surface area contributed by atoms with Gasteiger partial charge in [-0.2, -0.15) is 0 Å². The molecule has 0 bridgehead atoms. The lowest BCUT2D eigenvalue weighted by Crippen LogP contribution is -2.26. The number of methoxy groups -OCH3 is 1. The van der Waals surface area contributed by atoms with Crippen LogP contribution < -0.4 is 9.47 Å². The van der Waals surface area contributed by atoms with Crippen molar-refractivity contribution in [2.45, 2.75) is 25.9 Å². The molecule has 0 unspecified atom stereocenters. The molecule has 4 aromatic rings. The topological polar surface area (TPSA) is 91.1 Å². The Morgan fingerprint density at radius 1 is 0.971 bits per heavy atom. The smallest absolute Gasteiger partial charge is 0.241 e. The van der Waals surface area contributed by atoms with Crippen molar-refractivity contribution in [2.75, 3.05) is 20.3 Å². The number of fused-ring (bicyclic) bond motifs is 1. The molecule has 9 heteroatoms. The molecule has 2 aromatic heterocycles. The molecule has 0 spiro atoms. The summed E-state index contributed by atoms with van der Waals surface area (Å²) >= 11 is 3.50. The second kappa shape index (κ2) is 10.5. The molecule has 0 atom stereocenters. The van der Waals surface area contributed by atoms with Gasteiger partial charge in [0.1, 0.15) is 29.4 Å². The van der Waals surface area contributed by atoms with E-state index in [1.54, 1.807) is 19.6 Å². The number of nitrogens with zero attached hydrogens (tertiary/aromatic N) is 5. The summed E-state index contributed by atoms with van der Waals surface area (Å²) in [5, 5.41) is 9.74. The Labute approximate surface area is 211 Å². The van der Waals surface area contributed by atoms with E-state index in [-0.39, 0.29) is 6.10 Å². The Morgan fingerprint density at radius 3 is 2.57 bits per heavy atom. The zero-order valence-electron chi connectivity index (χ0n) is 19.4. The molecule has 0 amide bonds. The van der Waals surface area contributed by atoms with Gasteiger partial charge in [0.05, 0.1) is 26.0 Å². The summed E-state index contributed by atoms with van der Waals surface area (Å²) in [6.45, 7) is 3.37. The number of aromatic nitrogens is 3. The van der Waals surface area contributed by atoms with Gasteiger partial charge in [-0.25, -0.2) is 15.0 Å². The molecule has 0 N–H and O–H groups in total.